The fourth-order valence-corrected chi connectivity index (χ4v) is 4.32. The molecule has 0 saturated heterocycles. The number of sulfonamides is 1. The fraction of sp³-hybridized carbons (Fsp3) is 0.238. The van der Waals surface area contributed by atoms with E-state index in [0.29, 0.717) is 17.0 Å². The van der Waals surface area contributed by atoms with E-state index in [0.717, 1.165) is 23.8 Å². The van der Waals surface area contributed by atoms with Gasteiger partial charge in [0.15, 0.2) is 6.61 Å². The number of aryl methyl sites for hydroxylation is 1. The van der Waals surface area contributed by atoms with Crippen molar-refractivity contribution in [3.63, 3.8) is 0 Å². The lowest BCUT2D eigenvalue weighted by molar-refractivity contribution is -0.118. The minimum Gasteiger partial charge on any atom is -0.484 e. The van der Waals surface area contributed by atoms with Gasteiger partial charge >= 0.3 is 5.63 Å². The number of benzene rings is 2. The van der Waals surface area contributed by atoms with Gasteiger partial charge in [0.05, 0.1) is 4.90 Å². The van der Waals surface area contributed by atoms with Crippen LogP contribution in [-0.2, 0) is 14.8 Å². The highest BCUT2D eigenvalue weighted by Gasteiger charge is 2.28. The molecule has 2 aromatic carbocycles. The molecule has 1 heterocycles. The molecule has 1 aromatic heterocycles. The van der Waals surface area contributed by atoms with Gasteiger partial charge in [-0.2, -0.15) is 0 Å². The van der Waals surface area contributed by atoms with Crippen LogP contribution in [0.25, 0.3) is 11.0 Å². The second-order valence-electron chi connectivity index (χ2n) is 7.17. The molecule has 1 fully saturated rings. The number of hydrogen-bond donors (Lipinski definition) is 2. The molecule has 1 aliphatic rings. The number of carbonyl (C=O) groups excluding carboxylic acids is 1. The number of amides is 1. The third-order valence-electron chi connectivity index (χ3n) is 4.62. The maximum atomic E-state index is 12.3. The predicted molar refractivity (Wildman–Crippen MR) is 111 cm³/mol. The van der Waals surface area contributed by atoms with Crippen LogP contribution in [0.4, 0.5) is 5.69 Å². The molecule has 1 saturated carbocycles. The van der Waals surface area contributed by atoms with Gasteiger partial charge < -0.3 is 14.5 Å². The first kappa shape index (κ1) is 20.1. The molecule has 9 heteroatoms. The van der Waals surface area contributed by atoms with E-state index in [9.17, 15) is 18.0 Å². The summed E-state index contributed by atoms with van der Waals surface area (Å²) in [6, 6.07) is 12.4. The normalized spacial score (nSPS) is 13.9. The summed E-state index contributed by atoms with van der Waals surface area (Å²) < 4.78 is 37.9. The van der Waals surface area contributed by atoms with Crippen LogP contribution in [0, 0.1) is 6.92 Å². The van der Waals surface area contributed by atoms with E-state index in [1.807, 2.05) is 6.92 Å². The van der Waals surface area contributed by atoms with Crippen molar-refractivity contribution in [2.45, 2.75) is 30.7 Å². The zero-order chi connectivity index (χ0) is 21.3. The molecule has 30 heavy (non-hydrogen) atoms. The molecular weight excluding hydrogens is 408 g/mol. The minimum absolute atomic E-state index is 0.00295. The van der Waals surface area contributed by atoms with Crippen LogP contribution < -0.4 is 20.4 Å². The van der Waals surface area contributed by atoms with E-state index < -0.39 is 21.6 Å². The molecule has 156 valence electrons. The van der Waals surface area contributed by atoms with E-state index in [1.54, 1.807) is 30.3 Å². The lowest BCUT2D eigenvalue weighted by atomic mass is 10.1. The van der Waals surface area contributed by atoms with Crippen molar-refractivity contribution in [3.05, 3.63) is 64.5 Å². The first-order valence-electron chi connectivity index (χ1n) is 9.40. The number of nitrogens with one attached hydrogen (secondary N) is 2. The molecule has 0 bridgehead atoms. The maximum Gasteiger partial charge on any atom is 0.336 e. The number of anilines is 1. The number of rotatable bonds is 7. The Morgan fingerprint density at radius 1 is 1.17 bits per heavy atom. The van der Waals surface area contributed by atoms with Crippen LogP contribution in [0.1, 0.15) is 18.4 Å². The fourth-order valence-electron chi connectivity index (χ4n) is 2.97. The van der Waals surface area contributed by atoms with Crippen molar-refractivity contribution in [1.29, 1.82) is 0 Å². The second-order valence-corrected chi connectivity index (χ2v) is 8.88. The van der Waals surface area contributed by atoms with Crippen LogP contribution >= 0.6 is 0 Å². The SMILES string of the molecule is Cc1cc(=O)oc2cc(OCC(=O)Nc3cccc(S(=O)(=O)NC4CC4)c3)ccc12. The van der Waals surface area contributed by atoms with Gasteiger partial charge in [-0.05, 0) is 55.7 Å². The zero-order valence-corrected chi connectivity index (χ0v) is 17.0. The summed E-state index contributed by atoms with van der Waals surface area (Å²) in [5, 5.41) is 3.40. The Hall–Kier alpha value is -3.17. The highest BCUT2D eigenvalue weighted by molar-refractivity contribution is 7.89. The summed E-state index contributed by atoms with van der Waals surface area (Å²) in [5.74, 6) is -0.0816. The van der Waals surface area contributed by atoms with Crippen molar-refractivity contribution in [3.8, 4) is 5.75 Å². The van der Waals surface area contributed by atoms with Crippen molar-refractivity contribution >= 4 is 32.6 Å². The lowest BCUT2D eigenvalue weighted by Crippen LogP contribution is -2.26. The average molecular weight is 428 g/mol. The molecule has 8 nitrogen and oxygen atoms in total. The first-order valence-corrected chi connectivity index (χ1v) is 10.9. The summed E-state index contributed by atoms with van der Waals surface area (Å²) in [6.45, 7) is 1.51. The summed E-state index contributed by atoms with van der Waals surface area (Å²) in [5.41, 5.74) is 1.05. The van der Waals surface area contributed by atoms with Crippen molar-refractivity contribution < 1.29 is 22.4 Å². The van der Waals surface area contributed by atoms with Crippen LogP contribution in [-0.4, -0.2) is 27.0 Å². The van der Waals surface area contributed by atoms with E-state index in [1.165, 1.54) is 18.2 Å². The average Bonchev–Trinajstić information content (AvgIpc) is 3.49. The number of hydrogen-bond acceptors (Lipinski definition) is 6. The van der Waals surface area contributed by atoms with Crippen LogP contribution in [0.15, 0.2) is 62.6 Å². The highest BCUT2D eigenvalue weighted by atomic mass is 32.2. The van der Waals surface area contributed by atoms with Gasteiger partial charge in [-0.15, -0.1) is 0 Å². The van der Waals surface area contributed by atoms with E-state index in [2.05, 4.69) is 10.0 Å². The quantitative estimate of drug-likeness (QED) is 0.559. The molecule has 3 aromatic rings. The molecule has 0 aliphatic heterocycles. The van der Waals surface area contributed by atoms with Crippen molar-refractivity contribution in [1.82, 2.24) is 4.72 Å². The standard InChI is InChI=1S/C21H20N2O6S/c1-13-9-21(25)29-19-11-16(7-8-18(13)19)28-12-20(24)22-15-3-2-4-17(10-15)30(26,27)23-14-5-6-14/h2-4,7-11,14,23H,5-6,12H2,1H3,(H,22,24). The topological polar surface area (TPSA) is 115 Å². The van der Waals surface area contributed by atoms with Gasteiger partial charge in [0.25, 0.3) is 5.91 Å². The van der Waals surface area contributed by atoms with Gasteiger partial charge in [-0.25, -0.2) is 17.9 Å². The number of ether oxygens (including phenoxy) is 1. The third kappa shape index (κ3) is 4.69. The molecule has 0 radical (unpaired) electrons. The number of carbonyl (C=O) groups is 1. The molecule has 2 N–H and O–H groups in total. The Bertz CT molecular complexity index is 1280. The van der Waals surface area contributed by atoms with Gasteiger partial charge in [-0.1, -0.05) is 6.07 Å². The first-order chi connectivity index (χ1) is 14.3. The van der Waals surface area contributed by atoms with E-state index >= 15 is 0 Å². The van der Waals surface area contributed by atoms with Crippen LogP contribution in [0.3, 0.4) is 0 Å². The zero-order valence-electron chi connectivity index (χ0n) is 16.2. The largest absolute Gasteiger partial charge is 0.484 e. The van der Waals surface area contributed by atoms with Gasteiger partial charge in [-0.3, -0.25) is 4.79 Å². The van der Waals surface area contributed by atoms with E-state index in [-0.39, 0.29) is 17.5 Å². The summed E-state index contributed by atoms with van der Waals surface area (Å²) in [6.07, 6.45) is 1.68. The molecule has 0 atom stereocenters. The van der Waals surface area contributed by atoms with Gasteiger partial charge in [0.2, 0.25) is 10.0 Å². The molecule has 4 rings (SSSR count). The number of fused-ring (bicyclic) bond motifs is 1. The molecule has 0 spiro atoms. The highest BCUT2D eigenvalue weighted by Crippen LogP contribution is 2.24. The van der Waals surface area contributed by atoms with Crippen molar-refractivity contribution in [2.24, 2.45) is 0 Å². The van der Waals surface area contributed by atoms with Crippen molar-refractivity contribution in [2.75, 3.05) is 11.9 Å². The molecule has 0 unspecified atom stereocenters. The minimum atomic E-state index is -3.61. The molecule has 1 aliphatic carbocycles. The van der Waals surface area contributed by atoms with Gasteiger partial charge in [0, 0.05) is 29.2 Å². The summed E-state index contributed by atoms with van der Waals surface area (Å²) >= 11 is 0. The maximum absolute atomic E-state index is 12.3. The summed E-state index contributed by atoms with van der Waals surface area (Å²) in [4.78, 5) is 23.8. The Labute approximate surface area is 172 Å². The van der Waals surface area contributed by atoms with Crippen LogP contribution in [0.5, 0.6) is 5.75 Å². The molecular formula is C21H20N2O6S. The second kappa shape index (κ2) is 7.92. The molecule has 1 amide bonds. The summed E-state index contributed by atoms with van der Waals surface area (Å²) in [7, 11) is -3.61. The Kier molecular flexibility index (Phi) is 5.31. The Balaban J connectivity index is 1.41. The smallest absolute Gasteiger partial charge is 0.336 e. The predicted octanol–water partition coefficient (Wildman–Crippen LogP) is 2.56. The lowest BCUT2D eigenvalue weighted by Gasteiger charge is -2.10. The Morgan fingerprint density at radius 2 is 1.97 bits per heavy atom. The third-order valence-corrected chi connectivity index (χ3v) is 6.14. The van der Waals surface area contributed by atoms with Gasteiger partial charge in [0.1, 0.15) is 11.3 Å². The van der Waals surface area contributed by atoms with Crippen LogP contribution in [0.2, 0.25) is 0 Å². The monoisotopic (exact) mass is 428 g/mol. The van der Waals surface area contributed by atoms with E-state index in [4.69, 9.17) is 9.15 Å². The Morgan fingerprint density at radius 3 is 2.73 bits per heavy atom.